The number of benzene rings is 2. The molecular weight excluding hydrogens is 360 g/mol. The average molecular weight is 378 g/mol. The van der Waals surface area contributed by atoms with Crippen molar-refractivity contribution in [3.05, 3.63) is 78.8 Å². The van der Waals surface area contributed by atoms with E-state index in [-0.39, 0.29) is 4.90 Å². The molecule has 0 atom stereocenters. The van der Waals surface area contributed by atoms with Crippen molar-refractivity contribution in [3.63, 3.8) is 0 Å². The highest BCUT2D eigenvalue weighted by atomic mass is 32.2. The van der Waals surface area contributed by atoms with E-state index in [1.165, 1.54) is 0 Å². The zero-order chi connectivity index (χ0) is 18.9. The topological polar surface area (TPSA) is 76.4 Å². The van der Waals surface area contributed by atoms with Crippen molar-refractivity contribution in [3.8, 4) is 11.3 Å². The Morgan fingerprint density at radius 1 is 1.04 bits per heavy atom. The third-order valence-electron chi connectivity index (χ3n) is 4.31. The van der Waals surface area contributed by atoms with E-state index in [4.69, 9.17) is 0 Å². The lowest BCUT2D eigenvalue weighted by atomic mass is 10.1. The molecular formula is C20H18N4O2S. The van der Waals surface area contributed by atoms with Gasteiger partial charge < -0.3 is 0 Å². The summed E-state index contributed by atoms with van der Waals surface area (Å²) in [6.07, 6.45) is 6.33. The maximum atomic E-state index is 12.5. The lowest BCUT2D eigenvalue weighted by molar-refractivity contribution is 0.601. The summed E-state index contributed by atoms with van der Waals surface area (Å²) >= 11 is 0. The minimum atomic E-state index is -3.62. The van der Waals surface area contributed by atoms with Gasteiger partial charge in [-0.1, -0.05) is 31.2 Å². The monoisotopic (exact) mass is 378 g/mol. The molecule has 0 unspecified atom stereocenters. The standard InChI is InChI=1S/C20H18N4O2S/c1-2-15-4-10-18(11-5-15)27(25,26)23-17-8-6-16(7-9-17)19-14-24-13-3-12-21-20(24)22-19/h3-14,23H,2H2,1H3. The first-order valence-corrected chi connectivity index (χ1v) is 10.1. The molecule has 7 heteroatoms. The van der Waals surface area contributed by atoms with Crippen molar-refractivity contribution in [1.29, 1.82) is 0 Å². The van der Waals surface area contributed by atoms with Crippen molar-refractivity contribution in [1.82, 2.24) is 14.4 Å². The summed E-state index contributed by atoms with van der Waals surface area (Å²) in [6.45, 7) is 2.03. The number of hydrogen-bond donors (Lipinski definition) is 1. The van der Waals surface area contributed by atoms with Crippen LogP contribution in [0.25, 0.3) is 17.0 Å². The van der Waals surface area contributed by atoms with E-state index in [1.807, 2.05) is 54.0 Å². The van der Waals surface area contributed by atoms with E-state index in [0.29, 0.717) is 11.5 Å². The Hall–Kier alpha value is -3.19. The molecule has 6 nitrogen and oxygen atoms in total. The van der Waals surface area contributed by atoms with E-state index < -0.39 is 10.0 Å². The molecule has 2 heterocycles. The second-order valence-electron chi connectivity index (χ2n) is 6.13. The number of aromatic nitrogens is 3. The lowest BCUT2D eigenvalue weighted by Crippen LogP contribution is -2.12. The van der Waals surface area contributed by atoms with Gasteiger partial charge in [-0.3, -0.25) is 9.12 Å². The normalized spacial score (nSPS) is 11.6. The van der Waals surface area contributed by atoms with Crippen LogP contribution in [0.15, 0.2) is 78.1 Å². The second kappa shape index (κ2) is 6.85. The fraction of sp³-hybridized carbons (Fsp3) is 0.100. The van der Waals surface area contributed by atoms with Crippen molar-refractivity contribution in [2.75, 3.05) is 4.72 Å². The van der Waals surface area contributed by atoms with E-state index in [0.717, 1.165) is 23.2 Å². The van der Waals surface area contributed by atoms with Crippen LogP contribution in [0.1, 0.15) is 12.5 Å². The molecule has 0 aliphatic rings. The number of fused-ring (bicyclic) bond motifs is 1. The highest BCUT2D eigenvalue weighted by molar-refractivity contribution is 7.92. The molecule has 2 aromatic heterocycles. The minimum absolute atomic E-state index is 0.246. The van der Waals surface area contributed by atoms with Gasteiger partial charge in [0.25, 0.3) is 10.0 Å². The maximum Gasteiger partial charge on any atom is 0.261 e. The summed E-state index contributed by atoms with van der Waals surface area (Å²) in [4.78, 5) is 8.91. The Balaban J connectivity index is 1.56. The maximum absolute atomic E-state index is 12.5. The molecule has 0 spiro atoms. The van der Waals surface area contributed by atoms with Crippen molar-refractivity contribution < 1.29 is 8.42 Å². The number of aryl methyl sites for hydroxylation is 1. The molecule has 0 aliphatic carbocycles. The first-order chi connectivity index (χ1) is 13.0. The Morgan fingerprint density at radius 2 is 1.78 bits per heavy atom. The van der Waals surface area contributed by atoms with Crippen LogP contribution in [0, 0.1) is 0 Å². The highest BCUT2D eigenvalue weighted by Gasteiger charge is 2.14. The molecule has 27 heavy (non-hydrogen) atoms. The van der Waals surface area contributed by atoms with E-state index in [9.17, 15) is 8.42 Å². The van der Waals surface area contributed by atoms with Crippen LogP contribution in [0.4, 0.5) is 5.69 Å². The van der Waals surface area contributed by atoms with Crippen molar-refractivity contribution in [2.24, 2.45) is 0 Å². The van der Waals surface area contributed by atoms with Crippen LogP contribution in [0.3, 0.4) is 0 Å². The molecule has 0 radical (unpaired) electrons. The molecule has 0 bridgehead atoms. The number of imidazole rings is 1. The Bertz CT molecular complexity index is 1150. The molecule has 0 saturated carbocycles. The van der Waals surface area contributed by atoms with Crippen LogP contribution in [0.5, 0.6) is 0 Å². The van der Waals surface area contributed by atoms with Gasteiger partial charge in [0, 0.05) is 29.8 Å². The fourth-order valence-electron chi connectivity index (χ4n) is 2.80. The van der Waals surface area contributed by atoms with Gasteiger partial charge in [-0.25, -0.2) is 18.4 Å². The molecule has 0 saturated heterocycles. The van der Waals surface area contributed by atoms with Gasteiger partial charge >= 0.3 is 0 Å². The van der Waals surface area contributed by atoms with Crippen LogP contribution in [0.2, 0.25) is 0 Å². The number of anilines is 1. The first kappa shape index (κ1) is 17.2. The largest absolute Gasteiger partial charge is 0.291 e. The SMILES string of the molecule is CCc1ccc(S(=O)(=O)Nc2ccc(-c3cn4cccnc4n3)cc2)cc1. The van der Waals surface area contributed by atoms with Crippen molar-refractivity contribution >= 4 is 21.5 Å². The summed E-state index contributed by atoms with van der Waals surface area (Å²) < 4.78 is 29.5. The molecule has 1 N–H and O–H groups in total. The second-order valence-corrected chi connectivity index (χ2v) is 7.82. The summed E-state index contributed by atoms with van der Waals surface area (Å²) in [5, 5.41) is 0. The molecule has 4 aromatic rings. The summed E-state index contributed by atoms with van der Waals surface area (Å²) in [7, 11) is -3.62. The predicted octanol–water partition coefficient (Wildman–Crippen LogP) is 3.76. The summed E-state index contributed by atoms with van der Waals surface area (Å²) in [6, 6.07) is 15.9. The van der Waals surface area contributed by atoms with Gasteiger partial charge in [0.15, 0.2) is 0 Å². The molecule has 136 valence electrons. The Labute approximate surface area is 157 Å². The lowest BCUT2D eigenvalue weighted by Gasteiger charge is -2.09. The van der Waals surface area contributed by atoms with E-state index in [2.05, 4.69) is 14.7 Å². The van der Waals surface area contributed by atoms with Gasteiger partial charge in [-0.15, -0.1) is 0 Å². The molecule has 4 rings (SSSR count). The summed E-state index contributed by atoms with van der Waals surface area (Å²) in [5.41, 5.74) is 3.26. The molecule has 2 aromatic carbocycles. The smallest absolute Gasteiger partial charge is 0.261 e. The van der Waals surface area contributed by atoms with Gasteiger partial charge in [0.05, 0.1) is 10.6 Å². The number of nitrogens with zero attached hydrogens (tertiary/aromatic N) is 3. The summed E-state index contributed by atoms with van der Waals surface area (Å²) in [5.74, 6) is 0.618. The van der Waals surface area contributed by atoms with Crippen LogP contribution in [-0.4, -0.2) is 22.8 Å². The highest BCUT2D eigenvalue weighted by Crippen LogP contribution is 2.22. The van der Waals surface area contributed by atoms with Gasteiger partial charge in [0.1, 0.15) is 0 Å². The Morgan fingerprint density at radius 3 is 2.44 bits per heavy atom. The van der Waals surface area contributed by atoms with Crippen molar-refractivity contribution in [2.45, 2.75) is 18.2 Å². The predicted molar refractivity (Wildman–Crippen MR) is 105 cm³/mol. The first-order valence-electron chi connectivity index (χ1n) is 8.57. The van der Waals surface area contributed by atoms with Gasteiger partial charge in [0.2, 0.25) is 5.78 Å². The van der Waals surface area contributed by atoms with Gasteiger partial charge in [-0.05, 0) is 42.3 Å². The average Bonchev–Trinajstić information content (AvgIpc) is 3.12. The third-order valence-corrected chi connectivity index (χ3v) is 5.71. The van der Waals surface area contributed by atoms with Crippen LogP contribution in [-0.2, 0) is 16.4 Å². The Kier molecular flexibility index (Phi) is 4.37. The van der Waals surface area contributed by atoms with E-state index in [1.54, 1.807) is 30.5 Å². The molecule has 0 fully saturated rings. The quantitative estimate of drug-likeness (QED) is 0.574. The number of nitrogens with one attached hydrogen (secondary N) is 1. The van der Waals surface area contributed by atoms with Crippen LogP contribution >= 0.6 is 0 Å². The molecule has 0 amide bonds. The fourth-order valence-corrected chi connectivity index (χ4v) is 3.86. The third kappa shape index (κ3) is 3.54. The van der Waals surface area contributed by atoms with E-state index >= 15 is 0 Å². The number of sulfonamides is 1. The molecule has 0 aliphatic heterocycles. The number of rotatable bonds is 5. The zero-order valence-corrected chi connectivity index (χ0v) is 15.5. The van der Waals surface area contributed by atoms with Crippen LogP contribution < -0.4 is 4.72 Å². The van der Waals surface area contributed by atoms with Gasteiger partial charge in [-0.2, -0.15) is 0 Å². The minimum Gasteiger partial charge on any atom is -0.291 e. The number of hydrogen-bond acceptors (Lipinski definition) is 4. The zero-order valence-electron chi connectivity index (χ0n) is 14.7.